The predicted octanol–water partition coefficient (Wildman–Crippen LogP) is 2.91. The number of benzene rings is 2. The number of carbonyl (C=O) groups is 1. The summed E-state index contributed by atoms with van der Waals surface area (Å²) < 4.78 is 26.1. The molecule has 0 N–H and O–H groups in total. The standard InChI is InChI=1S/C19H15N3O3S2/c1-3-10-22-16-9-8-15(27(2,24)25)11-17(16)26-19(22)21-18(23)14-6-4-13(12-20)5-7-14/h3-9,11H,1,10H2,2H3. The first-order valence-corrected chi connectivity index (χ1v) is 10.6. The molecule has 27 heavy (non-hydrogen) atoms. The van der Waals surface area contributed by atoms with Crippen molar-refractivity contribution in [2.45, 2.75) is 11.4 Å². The SMILES string of the molecule is C=CCn1c(=NC(=O)c2ccc(C#N)cc2)sc2cc(S(C)(=O)=O)ccc21. The second kappa shape index (κ2) is 7.31. The van der Waals surface area contributed by atoms with E-state index < -0.39 is 15.7 Å². The molecule has 0 bridgehead atoms. The van der Waals surface area contributed by atoms with E-state index in [1.165, 1.54) is 17.4 Å². The van der Waals surface area contributed by atoms with Gasteiger partial charge in [-0.1, -0.05) is 17.4 Å². The summed E-state index contributed by atoms with van der Waals surface area (Å²) >= 11 is 1.24. The van der Waals surface area contributed by atoms with Gasteiger partial charge in [0.15, 0.2) is 14.6 Å². The molecule has 1 heterocycles. The summed E-state index contributed by atoms with van der Waals surface area (Å²) in [4.78, 5) is 17.4. The Morgan fingerprint density at radius 3 is 2.59 bits per heavy atom. The number of hydrogen-bond donors (Lipinski definition) is 0. The molecule has 1 amide bonds. The van der Waals surface area contributed by atoms with Gasteiger partial charge in [-0.2, -0.15) is 10.3 Å². The van der Waals surface area contributed by atoms with Crippen molar-refractivity contribution in [2.75, 3.05) is 6.26 Å². The molecule has 3 rings (SSSR count). The number of thiazole rings is 1. The minimum absolute atomic E-state index is 0.215. The van der Waals surface area contributed by atoms with E-state index in [9.17, 15) is 13.2 Å². The Labute approximate surface area is 160 Å². The second-order valence-corrected chi connectivity index (χ2v) is 8.82. The largest absolute Gasteiger partial charge is 0.312 e. The Morgan fingerprint density at radius 2 is 2.00 bits per heavy atom. The second-order valence-electron chi connectivity index (χ2n) is 5.79. The molecule has 0 spiro atoms. The van der Waals surface area contributed by atoms with Gasteiger partial charge in [-0.3, -0.25) is 4.79 Å². The Balaban J connectivity index is 2.15. The highest BCUT2D eigenvalue weighted by Gasteiger charge is 2.13. The summed E-state index contributed by atoms with van der Waals surface area (Å²) in [6.45, 7) is 4.16. The maximum absolute atomic E-state index is 12.5. The lowest BCUT2D eigenvalue weighted by Gasteiger charge is -2.02. The molecular weight excluding hydrogens is 382 g/mol. The Morgan fingerprint density at radius 1 is 1.30 bits per heavy atom. The maximum atomic E-state index is 12.5. The molecule has 1 aromatic heterocycles. The molecule has 0 saturated heterocycles. The molecule has 136 valence electrons. The first kappa shape index (κ1) is 18.8. The molecular formula is C19H15N3O3S2. The number of nitriles is 1. The lowest BCUT2D eigenvalue weighted by molar-refractivity contribution is 0.0998. The van der Waals surface area contributed by atoms with Gasteiger partial charge >= 0.3 is 0 Å². The number of amides is 1. The first-order chi connectivity index (χ1) is 12.8. The monoisotopic (exact) mass is 397 g/mol. The van der Waals surface area contributed by atoms with Gasteiger partial charge in [-0.05, 0) is 42.5 Å². The molecule has 2 aromatic carbocycles. The van der Waals surface area contributed by atoms with E-state index in [0.717, 1.165) is 11.8 Å². The summed E-state index contributed by atoms with van der Waals surface area (Å²) in [7, 11) is -3.33. The van der Waals surface area contributed by atoms with Gasteiger partial charge in [-0.15, -0.1) is 6.58 Å². The van der Waals surface area contributed by atoms with Crippen LogP contribution in [0.3, 0.4) is 0 Å². The fraction of sp³-hybridized carbons (Fsp3) is 0.105. The molecule has 0 fully saturated rings. The van der Waals surface area contributed by atoms with E-state index in [4.69, 9.17) is 5.26 Å². The number of nitrogens with zero attached hydrogens (tertiary/aromatic N) is 3. The van der Waals surface area contributed by atoms with Crippen molar-refractivity contribution < 1.29 is 13.2 Å². The van der Waals surface area contributed by atoms with Gasteiger partial charge in [0.1, 0.15) is 0 Å². The van der Waals surface area contributed by atoms with Crippen LogP contribution in [0.4, 0.5) is 0 Å². The number of hydrogen-bond acceptors (Lipinski definition) is 5. The van der Waals surface area contributed by atoms with Crippen LogP contribution in [0.5, 0.6) is 0 Å². The van der Waals surface area contributed by atoms with Gasteiger partial charge in [0.2, 0.25) is 0 Å². The molecule has 0 aliphatic carbocycles. The molecule has 3 aromatic rings. The Bertz CT molecular complexity index is 1260. The van der Waals surface area contributed by atoms with Gasteiger partial charge in [0.05, 0.1) is 26.7 Å². The smallest absolute Gasteiger partial charge is 0.279 e. The van der Waals surface area contributed by atoms with Gasteiger partial charge in [-0.25, -0.2) is 8.42 Å². The van der Waals surface area contributed by atoms with Crippen molar-refractivity contribution in [2.24, 2.45) is 4.99 Å². The fourth-order valence-electron chi connectivity index (χ4n) is 2.51. The van der Waals surface area contributed by atoms with E-state index in [1.807, 2.05) is 6.07 Å². The van der Waals surface area contributed by atoms with Crippen LogP contribution in [0.2, 0.25) is 0 Å². The van der Waals surface area contributed by atoms with Crippen molar-refractivity contribution in [3.05, 3.63) is 71.0 Å². The van der Waals surface area contributed by atoms with Gasteiger partial charge in [0.25, 0.3) is 5.91 Å². The van der Waals surface area contributed by atoms with Crippen molar-refractivity contribution in [1.29, 1.82) is 5.26 Å². The lowest BCUT2D eigenvalue weighted by atomic mass is 10.1. The molecule has 0 atom stereocenters. The third kappa shape index (κ3) is 3.89. The normalized spacial score (nSPS) is 12.1. The minimum atomic E-state index is -3.33. The zero-order valence-electron chi connectivity index (χ0n) is 14.4. The Kier molecular flexibility index (Phi) is 5.08. The number of fused-ring (bicyclic) bond motifs is 1. The predicted molar refractivity (Wildman–Crippen MR) is 104 cm³/mol. The summed E-state index contributed by atoms with van der Waals surface area (Å²) in [6, 6.07) is 13.1. The van der Waals surface area contributed by atoms with E-state index in [1.54, 1.807) is 47.0 Å². The number of aromatic nitrogens is 1. The molecule has 0 saturated carbocycles. The van der Waals surface area contributed by atoms with E-state index >= 15 is 0 Å². The van der Waals surface area contributed by atoms with E-state index in [-0.39, 0.29) is 4.90 Å². The zero-order chi connectivity index (χ0) is 19.6. The lowest BCUT2D eigenvalue weighted by Crippen LogP contribution is -2.16. The highest BCUT2D eigenvalue weighted by atomic mass is 32.2. The summed E-state index contributed by atoms with van der Waals surface area (Å²) in [5.41, 5.74) is 1.61. The topological polar surface area (TPSA) is 92.3 Å². The molecule has 0 aliphatic rings. The minimum Gasteiger partial charge on any atom is -0.312 e. The average Bonchev–Trinajstić information content (AvgIpc) is 2.98. The quantitative estimate of drug-likeness (QED) is 0.633. The van der Waals surface area contributed by atoms with Crippen LogP contribution >= 0.6 is 11.3 Å². The molecule has 8 heteroatoms. The van der Waals surface area contributed by atoms with Crippen molar-refractivity contribution in [3.63, 3.8) is 0 Å². The average molecular weight is 397 g/mol. The maximum Gasteiger partial charge on any atom is 0.279 e. The Hall–Kier alpha value is -3.02. The first-order valence-electron chi connectivity index (χ1n) is 7.87. The number of sulfone groups is 1. The van der Waals surface area contributed by atoms with Crippen LogP contribution in [0, 0.1) is 11.3 Å². The number of rotatable bonds is 4. The third-order valence-corrected chi connectivity index (χ3v) is 6.00. The van der Waals surface area contributed by atoms with Gasteiger partial charge < -0.3 is 4.57 Å². The van der Waals surface area contributed by atoms with Crippen molar-refractivity contribution >= 4 is 37.3 Å². The zero-order valence-corrected chi connectivity index (χ0v) is 16.0. The molecule has 6 nitrogen and oxygen atoms in total. The molecule has 0 radical (unpaired) electrons. The number of carbonyl (C=O) groups excluding carboxylic acids is 1. The molecule has 0 aliphatic heterocycles. The van der Waals surface area contributed by atoms with Crippen LogP contribution in [-0.2, 0) is 16.4 Å². The van der Waals surface area contributed by atoms with Crippen LogP contribution in [0.25, 0.3) is 10.2 Å². The van der Waals surface area contributed by atoms with Crippen molar-refractivity contribution in [3.8, 4) is 6.07 Å². The number of allylic oxidation sites excluding steroid dienone is 1. The van der Waals surface area contributed by atoms with Gasteiger partial charge in [0, 0.05) is 18.4 Å². The van der Waals surface area contributed by atoms with E-state index in [0.29, 0.717) is 27.2 Å². The van der Waals surface area contributed by atoms with E-state index in [2.05, 4.69) is 11.6 Å². The van der Waals surface area contributed by atoms with Crippen LogP contribution in [-0.4, -0.2) is 25.1 Å². The van der Waals surface area contributed by atoms with Crippen LogP contribution < -0.4 is 4.80 Å². The fourth-order valence-corrected chi connectivity index (χ4v) is 4.31. The van der Waals surface area contributed by atoms with Crippen LogP contribution in [0.1, 0.15) is 15.9 Å². The highest BCUT2D eigenvalue weighted by molar-refractivity contribution is 7.90. The third-order valence-electron chi connectivity index (χ3n) is 3.85. The van der Waals surface area contributed by atoms with Crippen LogP contribution in [0.15, 0.2) is 65.0 Å². The highest BCUT2D eigenvalue weighted by Crippen LogP contribution is 2.22. The summed E-state index contributed by atoms with van der Waals surface area (Å²) in [6.07, 6.45) is 2.83. The summed E-state index contributed by atoms with van der Waals surface area (Å²) in [5, 5.41) is 8.85. The van der Waals surface area contributed by atoms with Crippen molar-refractivity contribution in [1.82, 2.24) is 4.57 Å². The molecule has 0 unspecified atom stereocenters. The summed E-state index contributed by atoms with van der Waals surface area (Å²) in [5.74, 6) is -0.438.